The van der Waals surface area contributed by atoms with Crippen LogP contribution >= 0.6 is 0 Å². The van der Waals surface area contributed by atoms with Gasteiger partial charge in [-0.15, -0.1) is 0 Å². The molecule has 1 saturated heterocycles. The molecule has 0 atom stereocenters. The van der Waals surface area contributed by atoms with Crippen LogP contribution in [-0.4, -0.2) is 23.1 Å². The highest BCUT2D eigenvalue weighted by molar-refractivity contribution is 5.42. The Bertz CT molecular complexity index is 414. The molecule has 0 radical (unpaired) electrons. The number of hydrogen-bond acceptors (Lipinski definition) is 2. The van der Waals surface area contributed by atoms with Crippen LogP contribution in [0.3, 0.4) is 0 Å². The first-order valence-electron chi connectivity index (χ1n) is 6.89. The van der Waals surface area contributed by atoms with E-state index in [-0.39, 0.29) is 0 Å². The van der Waals surface area contributed by atoms with E-state index in [4.69, 9.17) is 0 Å². The van der Waals surface area contributed by atoms with Crippen LogP contribution in [0.25, 0.3) is 0 Å². The van der Waals surface area contributed by atoms with Crippen LogP contribution in [0.5, 0.6) is 5.75 Å². The van der Waals surface area contributed by atoms with Crippen molar-refractivity contribution in [3.63, 3.8) is 0 Å². The van der Waals surface area contributed by atoms with E-state index in [0.29, 0.717) is 11.2 Å². The van der Waals surface area contributed by atoms with Gasteiger partial charge in [0.15, 0.2) is 0 Å². The van der Waals surface area contributed by atoms with E-state index in [2.05, 4.69) is 30.9 Å². The molecule has 2 rings (SSSR count). The Balaban J connectivity index is 2.10. The normalized spacial score (nSPS) is 20.0. The molecule has 1 aliphatic rings. The zero-order chi connectivity index (χ0) is 13.3. The van der Waals surface area contributed by atoms with Gasteiger partial charge >= 0.3 is 0 Å². The number of benzene rings is 1. The second-order valence-electron chi connectivity index (χ2n) is 6.56. The number of hydrogen-bond donors (Lipinski definition) is 1. The van der Waals surface area contributed by atoms with Gasteiger partial charge in [-0.1, -0.05) is 26.0 Å². The maximum Gasteiger partial charge on any atom is 0.121 e. The van der Waals surface area contributed by atoms with Crippen molar-refractivity contribution in [3.05, 3.63) is 28.8 Å². The fourth-order valence-corrected chi connectivity index (χ4v) is 3.07. The van der Waals surface area contributed by atoms with Crippen LogP contribution < -0.4 is 0 Å². The van der Waals surface area contributed by atoms with Crippen LogP contribution in [0, 0.1) is 19.3 Å². The number of aromatic hydroxyl groups is 1. The largest absolute Gasteiger partial charge is 0.507 e. The first-order valence-corrected chi connectivity index (χ1v) is 6.89. The minimum absolute atomic E-state index is 0.442. The number of aryl methyl sites for hydroxylation is 2. The predicted octanol–water partition coefficient (Wildman–Crippen LogP) is 3.63. The summed E-state index contributed by atoms with van der Waals surface area (Å²) in [5.74, 6) is 0.442. The van der Waals surface area contributed by atoms with E-state index in [1.165, 1.54) is 31.5 Å². The van der Waals surface area contributed by atoms with E-state index in [1.807, 2.05) is 13.8 Å². The zero-order valence-electron chi connectivity index (χ0n) is 12.1. The molecule has 1 aromatic rings. The second kappa shape index (κ2) is 4.93. The fourth-order valence-electron chi connectivity index (χ4n) is 3.07. The van der Waals surface area contributed by atoms with Gasteiger partial charge in [0.05, 0.1) is 0 Å². The van der Waals surface area contributed by atoms with Crippen molar-refractivity contribution in [3.8, 4) is 5.75 Å². The number of phenols is 1. The molecule has 0 aromatic heterocycles. The molecule has 1 aromatic carbocycles. The SMILES string of the molecule is Cc1cc(CN2CCCC(C)(C)C2)cc(C)c1O. The summed E-state index contributed by atoms with van der Waals surface area (Å²) in [4.78, 5) is 2.54. The molecule has 2 nitrogen and oxygen atoms in total. The molecule has 1 aliphatic heterocycles. The molecule has 0 unspecified atom stereocenters. The summed E-state index contributed by atoms with van der Waals surface area (Å²) >= 11 is 0. The third kappa shape index (κ3) is 3.05. The quantitative estimate of drug-likeness (QED) is 0.862. The van der Waals surface area contributed by atoms with Crippen molar-refractivity contribution < 1.29 is 5.11 Å². The van der Waals surface area contributed by atoms with Crippen molar-refractivity contribution in [2.45, 2.75) is 47.1 Å². The van der Waals surface area contributed by atoms with Crippen LogP contribution in [0.15, 0.2) is 12.1 Å². The van der Waals surface area contributed by atoms with Crippen LogP contribution in [0.1, 0.15) is 43.4 Å². The lowest BCUT2D eigenvalue weighted by molar-refractivity contribution is 0.111. The number of likely N-dealkylation sites (tertiary alicyclic amines) is 1. The highest BCUT2D eigenvalue weighted by Gasteiger charge is 2.26. The molecule has 1 N–H and O–H groups in total. The summed E-state index contributed by atoms with van der Waals surface area (Å²) in [6.07, 6.45) is 2.63. The molecule has 100 valence electrons. The first kappa shape index (κ1) is 13.4. The highest BCUT2D eigenvalue weighted by Crippen LogP contribution is 2.30. The standard InChI is InChI=1S/C16H25NO/c1-12-8-14(9-13(2)15(12)18)10-17-7-5-6-16(3,4)11-17/h8-9,18H,5-7,10-11H2,1-4H3. The lowest BCUT2D eigenvalue weighted by Crippen LogP contribution is -2.39. The maximum atomic E-state index is 9.81. The van der Waals surface area contributed by atoms with Crippen LogP contribution in [0.4, 0.5) is 0 Å². The minimum Gasteiger partial charge on any atom is -0.507 e. The Hall–Kier alpha value is -1.02. The lowest BCUT2D eigenvalue weighted by atomic mass is 9.84. The molecule has 1 heterocycles. The van der Waals surface area contributed by atoms with Crippen molar-refractivity contribution in [2.24, 2.45) is 5.41 Å². The smallest absolute Gasteiger partial charge is 0.121 e. The molecule has 0 bridgehead atoms. The Morgan fingerprint density at radius 1 is 1.22 bits per heavy atom. The molecular formula is C16H25NO. The summed E-state index contributed by atoms with van der Waals surface area (Å²) in [6, 6.07) is 4.23. The molecule has 1 fully saturated rings. The van der Waals surface area contributed by atoms with Gasteiger partial charge in [-0.05, 0) is 55.3 Å². The fraction of sp³-hybridized carbons (Fsp3) is 0.625. The van der Waals surface area contributed by atoms with Crippen molar-refractivity contribution in [1.29, 1.82) is 0 Å². The molecule has 0 amide bonds. The number of piperidine rings is 1. The molecule has 0 aliphatic carbocycles. The topological polar surface area (TPSA) is 23.5 Å². The van der Waals surface area contributed by atoms with E-state index in [1.54, 1.807) is 0 Å². The van der Waals surface area contributed by atoms with Crippen molar-refractivity contribution in [2.75, 3.05) is 13.1 Å². The van der Waals surface area contributed by atoms with Gasteiger partial charge in [-0.2, -0.15) is 0 Å². The third-order valence-corrected chi connectivity index (χ3v) is 3.94. The van der Waals surface area contributed by atoms with E-state index in [0.717, 1.165) is 17.7 Å². The third-order valence-electron chi connectivity index (χ3n) is 3.94. The molecule has 0 spiro atoms. The second-order valence-corrected chi connectivity index (χ2v) is 6.56. The van der Waals surface area contributed by atoms with Crippen molar-refractivity contribution >= 4 is 0 Å². The van der Waals surface area contributed by atoms with Crippen LogP contribution in [-0.2, 0) is 6.54 Å². The van der Waals surface area contributed by atoms with Crippen LogP contribution in [0.2, 0.25) is 0 Å². The maximum absolute atomic E-state index is 9.81. The Morgan fingerprint density at radius 2 is 1.83 bits per heavy atom. The Morgan fingerprint density at radius 3 is 2.39 bits per heavy atom. The van der Waals surface area contributed by atoms with Gasteiger partial charge in [0.25, 0.3) is 0 Å². The van der Waals surface area contributed by atoms with Gasteiger partial charge in [0.1, 0.15) is 5.75 Å². The highest BCUT2D eigenvalue weighted by atomic mass is 16.3. The van der Waals surface area contributed by atoms with Gasteiger partial charge in [0.2, 0.25) is 0 Å². The summed E-state index contributed by atoms with van der Waals surface area (Å²) in [7, 11) is 0. The summed E-state index contributed by atoms with van der Waals surface area (Å²) in [6.45, 7) is 12.0. The average molecular weight is 247 g/mol. The van der Waals surface area contributed by atoms with E-state index >= 15 is 0 Å². The number of phenolic OH excluding ortho intramolecular Hbond substituents is 1. The Labute approximate surface area is 111 Å². The molecule has 18 heavy (non-hydrogen) atoms. The van der Waals surface area contributed by atoms with Crippen molar-refractivity contribution in [1.82, 2.24) is 4.90 Å². The summed E-state index contributed by atoms with van der Waals surface area (Å²) < 4.78 is 0. The van der Waals surface area contributed by atoms with Gasteiger partial charge < -0.3 is 5.11 Å². The van der Waals surface area contributed by atoms with E-state index < -0.39 is 0 Å². The minimum atomic E-state index is 0.442. The predicted molar refractivity (Wildman–Crippen MR) is 75.9 cm³/mol. The molecule has 0 saturated carbocycles. The van der Waals surface area contributed by atoms with Gasteiger partial charge in [-0.3, -0.25) is 4.90 Å². The summed E-state index contributed by atoms with van der Waals surface area (Å²) in [5.41, 5.74) is 3.74. The molecule has 2 heteroatoms. The van der Waals surface area contributed by atoms with E-state index in [9.17, 15) is 5.11 Å². The monoisotopic (exact) mass is 247 g/mol. The first-order chi connectivity index (χ1) is 8.37. The Kier molecular flexibility index (Phi) is 3.67. The molecular weight excluding hydrogens is 222 g/mol. The average Bonchev–Trinajstić information content (AvgIpc) is 2.24. The number of rotatable bonds is 2. The summed E-state index contributed by atoms with van der Waals surface area (Å²) in [5, 5.41) is 9.81. The van der Waals surface area contributed by atoms with Gasteiger partial charge in [-0.25, -0.2) is 0 Å². The number of nitrogens with zero attached hydrogens (tertiary/aromatic N) is 1. The van der Waals surface area contributed by atoms with Gasteiger partial charge in [0, 0.05) is 13.1 Å². The lowest BCUT2D eigenvalue weighted by Gasteiger charge is -2.38. The zero-order valence-corrected chi connectivity index (χ0v) is 12.1.